The first-order valence-electron chi connectivity index (χ1n) is 4.96. The molecule has 1 aromatic carbocycles. The van der Waals surface area contributed by atoms with Crippen molar-refractivity contribution in [3.05, 3.63) is 29.6 Å². The predicted octanol–water partition coefficient (Wildman–Crippen LogP) is 3.23. The van der Waals surface area contributed by atoms with Gasteiger partial charge in [-0.25, -0.2) is 4.39 Å². The van der Waals surface area contributed by atoms with Gasteiger partial charge in [-0.05, 0) is 24.1 Å². The molecule has 0 bridgehead atoms. The van der Waals surface area contributed by atoms with E-state index in [0.717, 1.165) is 6.42 Å². The third kappa shape index (κ3) is 3.63. The van der Waals surface area contributed by atoms with E-state index in [0.29, 0.717) is 11.5 Å². The summed E-state index contributed by atoms with van der Waals surface area (Å²) in [6, 6.07) is 4.75. The molecule has 0 unspecified atom stereocenters. The number of hydrogen-bond donors (Lipinski definition) is 0. The van der Waals surface area contributed by atoms with Crippen molar-refractivity contribution in [2.75, 3.05) is 7.11 Å². The molecule has 0 aliphatic heterocycles. The minimum Gasteiger partial charge on any atom is -0.494 e. The van der Waals surface area contributed by atoms with Crippen molar-refractivity contribution >= 4 is 0 Å². The molecule has 0 aromatic heterocycles. The second kappa shape index (κ2) is 5.41. The van der Waals surface area contributed by atoms with Gasteiger partial charge in [-0.2, -0.15) is 0 Å². The van der Waals surface area contributed by atoms with E-state index in [1.807, 2.05) is 0 Å². The molecule has 0 aliphatic rings. The highest BCUT2D eigenvalue weighted by Gasteiger charge is 2.01. The monoisotopic (exact) mass is 206 g/mol. The zero-order valence-corrected chi connectivity index (χ0v) is 9.30. The van der Waals surface area contributed by atoms with Crippen molar-refractivity contribution in [2.45, 2.75) is 20.3 Å². The highest BCUT2D eigenvalue weighted by molar-refractivity contribution is 5.39. The minimum atomic E-state index is -0.367. The van der Waals surface area contributed by atoms with Gasteiger partial charge in [0.25, 0.3) is 0 Å². The molecule has 0 saturated heterocycles. The summed E-state index contributed by atoms with van der Waals surface area (Å²) in [5, 5.41) is 0. The van der Waals surface area contributed by atoms with Gasteiger partial charge in [-0.1, -0.05) is 25.7 Å². The Labute approximate surface area is 90.3 Å². The van der Waals surface area contributed by atoms with Gasteiger partial charge in [0.05, 0.1) is 7.11 Å². The molecule has 2 heteroatoms. The van der Waals surface area contributed by atoms with Crippen molar-refractivity contribution in [2.24, 2.45) is 5.92 Å². The van der Waals surface area contributed by atoms with E-state index in [9.17, 15) is 4.39 Å². The van der Waals surface area contributed by atoms with E-state index in [1.54, 1.807) is 12.1 Å². The Hall–Kier alpha value is -1.49. The van der Waals surface area contributed by atoms with Crippen molar-refractivity contribution < 1.29 is 9.13 Å². The molecule has 0 fully saturated rings. The molecule has 0 saturated carbocycles. The van der Waals surface area contributed by atoms with Gasteiger partial charge in [-0.3, -0.25) is 0 Å². The van der Waals surface area contributed by atoms with Crippen molar-refractivity contribution in [1.29, 1.82) is 0 Å². The molecule has 0 heterocycles. The van der Waals surface area contributed by atoms with Crippen LogP contribution in [0.4, 0.5) is 4.39 Å². The summed E-state index contributed by atoms with van der Waals surface area (Å²) < 4.78 is 18.1. The highest BCUT2D eigenvalue weighted by Crippen LogP contribution is 2.16. The lowest BCUT2D eigenvalue weighted by Gasteiger charge is -2.00. The van der Waals surface area contributed by atoms with Gasteiger partial charge in [-0.15, -0.1) is 0 Å². The summed E-state index contributed by atoms with van der Waals surface area (Å²) in [6.45, 7) is 4.20. The Balaban J connectivity index is 2.78. The molecule has 80 valence electrons. The van der Waals surface area contributed by atoms with Gasteiger partial charge in [0.2, 0.25) is 0 Å². The van der Waals surface area contributed by atoms with E-state index >= 15 is 0 Å². The van der Waals surface area contributed by atoms with Crippen LogP contribution in [0.1, 0.15) is 25.8 Å². The predicted molar refractivity (Wildman–Crippen MR) is 59.3 cm³/mol. The molecule has 0 amide bonds. The molecule has 0 spiro atoms. The Bertz CT molecular complexity index is 385. The van der Waals surface area contributed by atoms with Gasteiger partial charge in [0.1, 0.15) is 0 Å². The lowest BCUT2D eigenvalue weighted by molar-refractivity contribution is 0.386. The summed E-state index contributed by atoms with van der Waals surface area (Å²) in [5.41, 5.74) is 0.689. The molecule has 0 radical (unpaired) electrons. The van der Waals surface area contributed by atoms with Crippen LogP contribution in [-0.4, -0.2) is 7.11 Å². The second-order valence-electron chi connectivity index (χ2n) is 3.75. The maximum atomic E-state index is 13.2. The summed E-state index contributed by atoms with van der Waals surface area (Å²) >= 11 is 0. The standard InChI is InChI=1S/C13H15FO/c1-10(2)5-4-6-11-7-8-13(15-3)12(14)9-11/h7-10H,5H2,1-3H3. The maximum Gasteiger partial charge on any atom is 0.166 e. The molecule has 0 N–H and O–H groups in total. The van der Waals surface area contributed by atoms with Crippen LogP contribution in [0.2, 0.25) is 0 Å². The average molecular weight is 206 g/mol. The molecule has 0 atom stereocenters. The molecule has 1 aromatic rings. The van der Waals surface area contributed by atoms with E-state index in [1.165, 1.54) is 13.2 Å². The fraction of sp³-hybridized carbons (Fsp3) is 0.385. The lowest BCUT2D eigenvalue weighted by Crippen LogP contribution is -1.88. The summed E-state index contributed by atoms with van der Waals surface area (Å²) in [7, 11) is 1.45. The Morgan fingerprint density at radius 2 is 2.13 bits per heavy atom. The Kier molecular flexibility index (Phi) is 4.17. The number of rotatable bonds is 2. The van der Waals surface area contributed by atoms with Crippen LogP contribution in [0.3, 0.4) is 0 Å². The van der Waals surface area contributed by atoms with Gasteiger partial charge in [0, 0.05) is 12.0 Å². The quantitative estimate of drug-likeness (QED) is 0.675. The van der Waals surface area contributed by atoms with Gasteiger partial charge in [0.15, 0.2) is 11.6 Å². The van der Waals surface area contributed by atoms with E-state index in [2.05, 4.69) is 25.7 Å². The molecule has 0 aliphatic carbocycles. The van der Waals surface area contributed by atoms with Gasteiger partial charge >= 0.3 is 0 Å². The molecular weight excluding hydrogens is 191 g/mol. The SMILES string of the molecule is COc1ccc(C#CCC(C)C)cc1F. The zero-order valence-electron chi connectivity index (χ0n) is 9.30. The number of hydrogen-bond acceptors (Lipinski definition) is 1. The minimum absolute atomic E-state index is 0.254. The topological polar surface area (TPSA) is 9.23 Å². The first-order valence-corrected chi connectivity index (χ1v) is 4.96. The maximum absolute atomic E-state index is 13.2. The summed E-state index contributed by atoms with van der Waals surface area (Å²) in [6.07, 6.45) is 0.827. The lowest BCUT2D eigenvalue weighted by atomic mass is 10.1. The van der Waals surface area contributed by atoms with E-state index in [-0.39, 0.29) is 11.6 Å². The van der Waals surface area contributed by atoms with Crippen LogP contribution in [0.25, 0.3) is 0 Å². The third-order valence-corrected chi connectivity index (χ3v) is 1.89. The average Bonchev–Trinajstić information content (AvgIpc) is 2.17. The second-order valence-corrected chi connectivity index (χ2v) is 3.75. The number of halogens is 1. The number of methoxy groups -OCH3 is 1. The molecule has 15 heavy (non-hydrogen) atoms. The number of ether oxygens (including phenoxy) is 1. The zero-order chi connectivity index (χ0) is 11.3. The normalized spacial score (nSPS) is 9.67. The van der Waals surface area contributed by atoms with Crippen LogP contribution in [0, 0.1) is 23.6 Å². The summed E-state index contributed by atoms with van der Waals surface area (Å²) in [4.78, 5) is 0. The van der Waals surface area contributed by atoms with Crippen molar-refractivity contribution in [3.63, 3.8) is 0 Å². The first-order chi connectivity index (χ1) is 7.13. The van der Waals surface area contributed by atoms with Crippen LogP contribution in [0.15, 0.2) is 18.2 Å². The first kappa shape index (κ1) is 11.6. The van der Waals surface area contributed by atoms with E-state index in [4.69, 9.17) is 4.74 Å². The fourth-order valence-corrected chi connectivity index (χ4v) is 1.10. The summed E-state index contributed by atoms with van der Waals surface area (Å²) in [5.74, 6) is 6.36. The smallest absolute Gasteiger partial charge is 0.166 e. The largest absolute Gasteiger partial charge is 0.494 e. The number of benzene rings is 1. The molecule has 1 nitrogen and oxygen atoms in total. The van der Waals surface area contributed by atoms with Gasteiger partial charge < -0.3 is 4.74 Å². The van der Waals surface area contributed by atoms with Crippen LogP contribution >= 0.6 is 0 Å². The van der Waals surface area contributed by atoms with Crippen LogP contribution < -0.4 is 4.74 Å². The van der Waals surface area contributed by atoms with Crippen LogP contribution in [-0.2, 0) is 0 Å². The molecular formula is C13H15FO. The van der Waals surface area contributed by atoms with Crippen LogP contribution in [0.5, 0.6) is 5.75 Å². The van der Waals surface area contributed by atoms with Crippen molar-refractivity contribution in [1.82, 2.24) is 0 Å². The van der Waals surface area contributed by atoms with Crippen molar-refractivity contribution in [3.8, 4) is 17.6 Å². The fourth-order valence-electron chi connectivity index (χ4n) is 1.10. The van der Waals surface area contributed by atoms with E-state index < -0.39 is 0 Å². The third-order valence-electron chi connectivity index (χ3n) is 1.89. The molecule has 1 rings (SSSR count). The Morgan fingerprint density at radius 3 is 2.67 bits per heavy atom. The Morgan fingerprint density at radius 1 is 1.40 bits per heavy atom. The highest BCUT2D eigenvalue weighted by atomic mass is 19.1.